The summed E-state index contributed by atoms with van der Waals surface area (Å²) in [5.41, 5.74) is 1.10. The second kappa shape index (κ2) is 6.58. The van der Waals surface area contributed by atoms with Crippen LogP contribution in [-0.2, 0) is 6.54 Å². The Morgan fingerprint density at radius 2 is 1.90 bits per heavy atom. The molecule has 0 radical (unpaired) electrons. The highest BCUT2D eigenvalue weighted by molar-refractivity contribution is 5.24. The van der Waals surface area contributed by atoms with Crippen molar-refractivity contribution in [3.05, 3.63) is 48.3 Å². The number of pyridine rings is 1. The molecule has 1 fully saturated rings. The molecule has 21 heavy (non-hydrogen) atoms. The molecule has 0 spiro atoms. The second-order valence-corrected chi connectivity index (χ2v) is 5.24. The van der Waals surface area contributed by atoms with Gasteiger partial charge in [-0.15, -0.1) is 0 Å². The zero-order valence-corrected chi connectivity index (χ0v) is 11.7. The van der Waals surface area contributed by atoms with Crippen LogP contribution in [0.2, 0.25) is 0 Å². The lowest BCUT2D eigenvalue weighted by Gasteiger charge is -2.32. The fraction of sp³-hybridized carbons (Fsp3) is 0.400. The van der Waals surface area contributed by atoms with Gasteiger partial charge in [-0.2, -0.15) is 0 Å². The summed E-state index contributed by atoms with van der Waals surface area (Å²) < 4.78 is 12.8. The first-order chi connectivity index (χ1) is 10.3. The van der Waals surface area contributed by atoms with Crippen LogP contribution in [0.3, 0.4) is 0 Å². The topological polar surface area (TPSA) is 53.9 Å². The smallest absolute Gasteiger partial charge is 0.222 e. The van der Waals surface area contributed by atoms with Crippen molar-refractivity contribution in [2.45, 2.75) is 25.4 Å². The molecule has 2 aromatic rings. The van der Waals surface area contributed by atoms with E-state index in [4.69, 9.17) is 0 Å². The van der Waals surface area contributed by atoms with Gasteiger partial charge in [0.15, 0.2) is 5.82 Å². The molecule has 1 saturated heterocycles. The van der Waals surface area contributed by atoms with Gasteiger partial charge in [0, 0.05) is 31.9 Å². The van der Waals surface area contributed by atoms with Crippen LogP contribution >= 0.6 is 0 Å². The number of nitrogens with zero attached hydrogens (tertiary/aromatic N) is 4. The number of likely N-dealkylation sites (tertiary alicyclic amines) is 1. The summed E-state index contributed by atoms with van der Waals surface area (Å²) in [6.07, 6.45) is 6.24. The van der Waals surface area contributed by atoms with Crippen LogP contribution in [0.4, 0.5) is 10.3 Å². The zero-order chi connectivity index (χ0) is 14.5. The summed E-state index contributed by atoms with van der Waals surface area (Å²) >= 11 is 0. The van der Waals surface area contributed by atoms with Crippen molar-refractivity contribution in [1.82, 2.24) is 19.9 Å². The summed E-state index contributed by atoms with van der Waals surface area (Å²) in [6, 6.07) is 6.34. The Bertz CT molecular complexity index is 552. The van der Waals surface area contributed by atoms with E-state index >= 15 is 0 Å². The van der Waals surface area contributed by atoms with Crippen LogP contribution in [0.5, 0.6) is 0 Å². The van der Waals surface area contributed by atoms with Gasteiger partial charge >= 0.3 is 0 Å². The average Bonchev–Trinajstić information content (AvgIpc) is 2.53. The maximum Gasteiger partial charge on any atom is 0.222 e. The average molecular weight is 287 g/mol. The molecule has 0 bridgehead atoms. The highest BCUT2D eigenvalue weighted by Crippen LogP contribution is 2.15. The van der Waals surface area contributed by atoms with Gasteiger partial charge in [-0.05, 0) is 25.0 Å². The molecule has 6 heteroatoms. The summed E-state index contributed by atoms with van der Waals surface area (Å²) in [6.45, 7) is 2.91. The highest BCUT2D eigenvalue weighted by Gasteiger charge is 2.19. The molecule has 0 aromatic carbocycles. The maximum absolute atomic E-state index is 12.8. The highest BCUT2D eigenvalue weighted by atomic mass is 19.1. The fourth-order valence-electron chi connectivity index (χ4n) is 2.53. The number of anilines is 1. The van der Waals surface area contributed by atoms with Crippen molar-refractivity contribution in [2.75, 3.05) is 18.4 Å². The quantitative estimate of drug-likeness (QED) is 0.933. The normalized spacial score (nSPS) is 16.8. The number of halogens is 1. The molecule has 0 amide bonds. The Balaban J connectivity index is 1.47. The molecule has 2 aromatic heterocycles. The van der Waals surface area contributed by atoms with Crippen molar-refractivity contribution < 1.29 is 4.39 Å². The van der Waals surface area contributed by atoms with Crippen LogP contribution in [0.25, 0.3) is 0 Å². The predicted octanol–water partition coefficient (Wildman–Crippen LogP) is 2.09. The van der Waals surface area contributed by atoms with Crippen molar-refractivity contribution in [3.63, 3.8) is 0 Å². The maximum atomic E-state index is 12.8. The minimum absolute atomic E-state index is 0.343. The van der Waals surface area contributed by atoms with E-state index in [9.17, 15) is 4.39 Å². The predicted molar refractivity (Wildman–Crippen MR) is 78.1 cm³/mol. The molecule has 3 rings (SSSR count). The molecule has 5 nitrogen and oxygen atoms in total. The molecule has 3 heterocycles. The first-order valence-corrected chi connectivity index (χ1v) is 7.16. The lowest BCUT2D eigenvalue weighted by atomic mass is 10.1. The summed E-state index contributed by atoms with van der Waals surface area (Å²) in [5.74, 6) is 0.0882. The minimum Gasteiger partial charge on any atom is -0.351 e. The van der Waals surface area contributed by atoms with Gasteiger partial charge in [0.2, 0.25) is 5.95 Å². The van der Waals surface area contributed by atoms with Crippen molar-refractivity contribution in [1.29, 1.82) is 0 Å². The van der Waals surface area contributed by atoms with Gasteiger partial charge in [0.25, 0.3) is 0 Å². The molecule has 0 saturated carbocycles. The minimum atomic E-state index is -0.411. The summed E-state index contributed by atoms with van der Waals surface area (Å²) in [5, 5.41) is 3.26. The monoisotopic (exact) mass is 287 g/mol. The third-order valence-electron chi connectivity index (χ3n) is 3.65. The standard InChI is InChI=1S/C15H18FN5/c16-12-9-18-15(19-10-12)20-13-4-7-21(8-5-13)11-14-3-1-2-6-17-14/h1-3,6,9-10,13H,4-5,7-8,11H2,(H,18,19,20). The number of aromatic nitrogens is 3. The first-order valence-electron chi connectivity index (χ1n) is 7.16. The van der Waals surface area contributed by atoms with Gasteiger partial charge in [0.05, 0.1) is 18.1 Å². The van der Waals surface area contributed by atoms with Gasteiger partial charge < -0.3 is 5.32 Å². The second-order valence-electron chi connectivity index (χ2n) is 5.24. The lowest BCUT2D eigenvalue weighted by Crippen LogP contribution is -2.39. The number of hydrogen-bond acceptors (Lipinski definition) is 5. The zero-order valence-electron chi connectivity index (χ0n) is 11.7. The van der Waals surface area contributed by atoms with Crippen LogP contribution in [0, 0.1) is 5.82 Å². The molecular weight excluding hydrogens is 269 g/mol. The van der Waals surface area contributed by atoms with Crippen molar-refractivity contribution in [2.24, 2.45) is 0 Å². The summed E-state index contributed by atoms with van der Waals surface area (Å²) in [4.78, 5) is 14.6. The molecular formula is C15H18FN5. The van der Waals surface area contributed by atoms with E-state index in [0.717, 1.165) is 38.2 Å². The molecule has 1 aliphatic rings. The number of hydrogen-bond donors (Lipinski definition) is 1. The van der Waals surface area contributed by atoms with E-state index in [0.29, 0.717) is 12.0 Å². The molecule has 1 aliphatic heterocycles. The third-order valence-corrected chi connectivity index (χ3v) is 3.65. The summed E-state index contributed by atoms with van der Waals surface area (Å²) in [7, 11) is 0. The van der Waals surface area contributed by atoms with Gasteiger partial charge in [-0.25, -0.2) is 14.4 Å². The first kappa shape index (κ1) is 13.9. The van der Waals surface area contributed by atoms with Crippen LogP contribution < -0.4 is 5.32 Å². The Morgan fingerprint density at radius 1 is 1.14 bits per heavy atom. The molecule has 0 unspecified atom stereocenters. The molecule has 0 atom stereocenters. The van der Waals surface area contributed by atoms with Crippen LogP contribution in [0.1, 0.15) is 18.5 Å². The Labute approximate surface area is 123 Å². The molecule has 0 aliphatic carbocycles. The largest absolute Gasteiger partial charge is 0.351 e. The van der Waals surface area contributed by atoms with E-state index in [1.165, 1.54) is 12.4 Å². The van der Waals surface area contributed by atoms with E-state index < -0.39 is 5.82 Å². The van der Waals surface area contributed by atoms with Gasteiger partial charge in [0.1, 0.15) is 0 Å². The Hall–Kier alpha value is -2.08. The van der Waals surface area contributed by atoms with E-state index in [1.54, 1.807) is 0 Å². The molecule has 1 N–H and O–H groups in total. The van der Waals surface area contributed by atoms with Crippen LogP contribution in [0.15, 0.2) is 36.8 Å². The lowest BCUT2D eigenvalue weighted by molar-refractivity contribution is 0.209. The third kappa shape index (κ3) is 3.95. The van der Waals surface area contributed by atoms with Crippen molar-refractivity contribution in [3.8, 4) is 0 Å². The molecule has 110 valence electrons. The number of piperidine rings is 1. The van der Waals surface area contributed by atoms with E-state index in [2.05, 4.69) is 31.2 Å². The SMILES string of the molecule is Fc1cnc(NC2CCN(Cc3ccccn3)CC2)nc1. The van der Waals surface area contributed by atoms with E-state index in [-0.39, 0.29) is 0 Å². The fourth-order valence-corrected chi connectivity index (χ4v) is 2.53. The van der Waals surface area contributed by atoms with Gasteiger partial charge in [-0.1, -0.05) is 6.07 Å². The van der Waals surface area contributed by atoms with Gasteiger partial charge in [-0.3, -0.25) is 9.88 Å². The van der Waals surface area contributed by atoms with Crippen molar-refractivity contribution >= 4 is 5.95 Å². The Kier molecular flexibility index (Phi) is 4.35. The Morgan fingerprint density at radius 3 is 2.57 bits per heavy atom. The van der Waals surface area contributed by atoms with Crippen LogP contribution in [-0.4, -0.2) is 39.0 Å². The number of nitrogens with one attached hydrogen (secondary N) is 1. The number of rotatable bonds is 4. The van der Waals surface area contributed by atoms with E-state index in [1.807, 2.05) is 18.3 Å².